The average Bonchev–Trinajstić information content (AvgIpc) is 1.64. The van der Waals surface area contributed by atoms with Gasteiger partial charge >= 0.3 is 18.9 Å². The van der Waals surface area contributed by atoms with Crippen LogP contribution in [0, 0.1) is 13.8 Å². The van der Waals surface area contributed by atoms with E-state index in [0.717, 1.165) is 11.3 Å². The summed E-state index contributed by atoms with van der Waals surface area (Å²) in [6.45, 7) is 5.69. The van der Waals surface area contributed by atoms with Crippen LogP contribution in [0.3, 0.4) is 0 Å². The Morgan fingerprint density at radius 1 is 1.56 bits per heavy atom. The van der Waals surface area contributed by atoms with Crippen molar-refractivity contribution in [2.45, 2.75) is 6.92 Å². The van der Waals surface area contributed by atoms with Crippen molar-refractivity contribution in [3.05, 3.63) is 36.5 Å². The molecule has 0 unspecified atom stereocenters. The monoisotopic (exact) mass is 113 g/mol. The zero-order valence-electron chi connectivity index (χ0n) is 5.89. The molecule has 1 rings (SSSR count). The van der Waals surface area contributed by atoms with Crippen LogP contribution < -0.4 is 18.9 Å². The van der Waals surface area contributed by atoms with Crippen LogP contribution in [0.25, 0.3) is 0 Å². The summed E-state index contributed by atoms with van der Waals surface area (Å²) in [5, 5.41) is 0. The molecule has 1 heterocycles. The number of hydrogen-bond acceptors (Lipinski definition) is 1. The minimum Gasteiger partial charge on any atom is -0.288 e. The maximum Gasteiger partial charge on any atom is 1.00 e. The van der Waals surface area contributed by atoms with E-state index in [4.69, 9.17) is 0 Å². The second-order valence-corrected chi connectivity index (χ2v) is 1.81. The van der Waals surface area contributed by atoms with Gasteiger partial charge in [0.2, 0.25) is 0 Å². The van der Waals surface area contributed by atoms with Crippen LogP contribution in [0.5, 0.6) is 0 Å². The molecule has 0 bridgehead atoms. The first-order valence-electron chi connectivity index (χ1n) is 2.53. The molecule has 1 nitrogen and oxygen atoms in total. The van der Waals surface area contributed by atoms with Crippen molar-refractivity contribution in [2.75, 3.05) is 0 Å². The average molecular weight is 113 g/mol. The zero-order chi connectivity index (χ0) is 5.98. The zero-order valence-corrected chi connectivity index (χ0v) is 5.89. The quantitative estimate of drug-likeness (QED) is 0.297. The topological polar surface area (TPSA) is 12.9 Å². The summed E-state index contributed by atoms with van der Waals surface area (Å²) in [5.74, 6) is 0. The van der Waals surface area contributed by atoms with Gasteiger partial charge in [0, 0.05) is 0 Å². The Kier molecular flexibility index (Phi) is 3.45. The predicted molar refractivity (Wildman–Crippen MR) is 33.4 cm³/mol. The molecule has 0 spiro atoms. The molecule has 9 heavy (non-hydrogen) atoms. The fourth-order valence-corrected chi connectivity index (χ4v) is 0.604. The van der Waals surface area contributed by atoms with Crippen LogP contribution in [-0.2, 0) is 0 Å². The third-order valence-electron chi connectivity index (χ3n) is 0.961. The number of aryl methyl sites for hydroxylation is 1. The Hall–Kier alpha value is -0.383. The molecular formula is C7H8LiN. The molecule has 42 valence electrons. The Morgan fingerprint density at radius 2 is 2.22 bits per heavy atom. The summed E-state index contributed by atoms with van der Waals surface area (Å²) in [7, 11) is 0. The van der Waals surface area contributed by atoms with Gasteiger partial charge in [-0.15, -0.1) is 12.1 Å². The van der Waals surface area contributed by atoms with Crippen LogP contribution in [0.1, 0.15) is 11.3 Å². The Labute approximate surface area is 67.7 Å². The van der Waals surface area contributed by atoms with Gasteiger partial charge in [0.1, 0.15) is 0 Å². The summed E-state index contributed by atoms with van der Waals surface area (Å²) in [6, 6.07) is 3.83. The molecule has 0 fully saturated rings. The number of pyridine rings is 1. The summed E-state index contributed by atoms with van der Waals surface area (Å²) < 4.78 is 0. The van der Waals surface area contributed by atoms with E-state index in [1.165, 1.54) is 0 Å². The van der Waals surface area contributed by atoms with E-state index in [1.54, 1.807) is 6.20 Å². The maximum absolute atomic E-state index is 4.00. The molecule has 1 aromatic heterocycles. The van der Waals surface area contributed by atoms with Gasteiger partial charge in [-0.2, -0.15) is 12.5 Å². The van der Waals surface area contributed by atoms with Gasteiger partial charge in [-0.05, 0) is 18.8 Å². The number of rotatable bonds is 0. The normalized spacial score (nSPS) is 8.11. The fraction of sp³-hybridized carbons (Fsp3) is 0.143. The van der Waals surface area contributed by atoms with Gasteiger partial charge in [-0.1, -0.05) is 0 Å². The van der Waals surface area contributed by atoms with Crippen LogP contribution in [0.15, 0.2) is 18.3 Å². The summed E-state index contributed by atoms with van der Waals surface area (Å²) in [5.41, 5.74) is 2.05. The third-order valence-corrected chi connectivity index (χ3v) is 0.961. The van der Waals surface area contributed by atoms with E-state index in [1.807, 2.05) is 19.1 Å². The van der Waals surface area contributed by atoms with E-state index in [-0.39, 0.29) is 18.9 Å². The standard InChI is InChI=1S/C7H8N.Li/c1-6-3-4-8-7(2)5-6;/h3-5H,1H2,2H3;/q-1;+1. The van der Waals surface area contributed by atoms with Crippen molar-refractivity contribution in [1.82, 2.24) is 4.98 Å². The Balaban J connectivity index is 0.000000640. The molecule has 0 amide bonds. The van der Waals surface area contributed by atoms with Crippen molar-refractivity contribution in [3.63, 3.8) is 0 Å². The summed E-state index contributed by atoms with van der Waals surface area (Å²) in [6.07, 6.45) is 1.76. The second kappa shape index (κ2) is 3.61. The first-order valence-corrected chi connectivity index (χ1v) is 2.53. The molecule has 0 aromatic carbocycles. The molecule has 0 N–H and O–H groups in total. The van der Waals surface area contributed by atoms with Crippen LogP contribution in [-0.4, -0.2) is 4.98 Å². The molecule has 0 saturated carbocycles. The Bertz CT molecular complexity index is 169. The van der Waals surface area contributed by atoms with E-state index >= 15 is 0 Å². The van der Waals surface area contributed by atoms with E-state index < -0.39 is 0 Å². The summed E-state index contributed by atoms with van der Waals surface area (Å²) in [4.78, 5) is 4.00. The van der Waals surface area contributed by atoms with Crippen molar-refractivity contribution in [2.24, 2.45) is 0 Å². The predicted octanol–water partition coefficient (Wildman–Crippen LogP) is -1.42. The van der Waals surface area contributed by atoms with E-state index in [9.17, 15) is 0 Å². The van der Waals surface area contributed by atoms with Gasteiger partial charge < -0.3 is 0 Å². The Morgan fingerprint density at radius 3 is 2.56 bits per heavy atom. The largest absolute Gasteiger partial charge is 1.00 e. The van der Waals surface area contributed by atoms with Crippen LogP contribution in [0.2, 0.25) is 0 Å². The first kappa shape index (κ1) is 8.62. The van der Waals surface area contributed by atoms with E-state index in [0.29, 0.717) is 0 Å². The molecular weight excluding hydrogens is 105 g/mol. The molecule has 0 aliphatic heterocycles. The molecule has 0 aliphatic carbocycles. The van der Waals surface area contributed by atoms with Gasteiger partial charge in [0.05, 0.1) is 0 Å². The SMILES string of the molecule is [CH2-]c1ccnc(C)c1.[Li+]. The smallest absolute Gasteiger partial charge is 0.288 e. The van der Waals surface area contributed by atoms with Crippen LogP contribution in [0.4, 0.5) is 0 Å². The van der Waals surface area contributed by atoms with Gasteiger partial charge in [-0.25, -0.2) is 0 Å². The van der Waals surface area contributed by atoms with Gasteiger partial charge in [-0.3, -0.25) is 4.98 Å². The van der Waals surface area contributed by atoms with Crippen molar-refractivity contribution < 1.29 is 18.9 Å². The van der Waals surface area contributed by atoms with Gasteiger partial charge in [0.25, 0.3) is 0 Å². The molecule has 0 aliphatic rings. The molecule has 0 radical (unpaired) electrons. The number of nitrogens with zero attached hydrogens (tertiary/aromatic N) is 1. The van der Waals surface area contributed by atoms with Gasteiger partial charge in [0.15, 0.2) is 0 Å². The second-order valence-electron chi connectivity index (χ2n) is 1.81. The maximum atomic E-state index is 4.00. The molecule has 1 aromatic rings. The molecule has 0 saturated heterocycles. The van der Waals surface area contributed by atoms with Crippen molar-refractivity contribution in [3.8, 4) is 0 Å². The fourth-order valence-electron chi connectivity index (χ4n) is 0.604. The van der Waals surface area contributed by atoms with E-state index in [2.05, 4.69) is 11.9 Å². The molecule has 0 atom stereocenters. The van der Waals surface area contributed by atoms with Crippen molar-refractivity contribution >= 4 is 0 Å². The number of aromatic nitrogens is 1. The third kappa shape index (κ3) is 2.60. The summed E-state index contributed by atoms with van der Waals surface area (Å²) >= 11 is 0. The van der Waals surface area contributed by atoms with Crippen LogP contribution >= 0.6 is 0 Å². The minimum absolute atomic E-state index is 0. The van der Waals surface area contributed by atoms with Crippen molar-refractivity contribution in [1.29, 1.82) is 0 Å². The first-order chi connectivity index (χ1) is 3.79. The molecule has 2 heteroatoms. The number of hydrogen-bond donors (Lipinski definition) is 0. The minimum atomic E-state index is 0.